The van der Waals surface area contributed by atoms with E-state index < -0.39 is 36.1 Å². The Balaban J connectivity index is 0. The minimum absolute atomic E-state index is 0.264. The van der Waals surface area contributed by atoms with E-state index in [2.05, 4.69) is 9.47 Å². The Bertz CT molecular complexity index is 860. The first-order valence-electron chi connectivity index (χ1n) is 12.4. The van der Waals surface area contributed by atoms with Crippen molar-refractivity contribution in [3.8, 4) is 0 Å². The summed E-state index contributed by atoms with van der Waals surface area (Å²) in [7, 11) is 5.44. The summed E-state index contributed by atoms with van der Waals surface area (Å²) < 4.78 is 28.3. The smallest absolute Gasteiger partial charge is 0.331 e. The highest BCUT2D eigenvalue weighted by molar-refractivity contribution is 5.94. The van der Waals surface area contributed by atoms with Crippen molar-refractivity contribution >= 4 is 35.7 Å². The number of carbonyl (C=O) groups is 6. The van der Waals surface area contributed by atoms with E-state index >= 15 is 0 Å². The lowest BCUT2D eigenvalue weighted by Crippen LogP contribution is -2.43. The molecule has 1 unspecified atom stereocenters. The van der Waals surface area contributed by atoms with Gasteiger partial charge in [0.05, 0.1) is 27.4 Å². The first-order valence-corrected chi connectivity index (χ1v) is 12.4. The van der Waals surface area contributed by atoms with E-state index in [0.717, 1.165) is 24.3 Å². The fourth-order valence-electron chi connectivity index (χ4n) is 2.72. The van der Waals surface area contributed by atoms with E-state index in [0.29, 0.717) is 39.4 Å². The van der Waals surface area contributed by atoms with Gasteiger partial charge < -0.3 is 38.2 Å². The quantitative estimate of drug-likeness (QED) is 0.141. The third kappa shape index (κ3) is 17.7. The van der Waals surface area contributed by atoms with Gasteiger partial charge in [0.25, 0.3) is 11.8 Å². The van der Waals surface area contributed by atoms with Crippen molar-refractivity contribution in [2.45, 2.75) is 39.9 Å². The van der Waals surface area contributed by atoms with Crippen LogP contribution in [0, 0.1) is 0 Å². The van der Waals surface area contributed by atoms with Crippen LogP contribution >= 0.6 is 0 Å². The van der Waals surface area contributed by atoms with Crippen molar-refractivity contribution in [2.24, 2.45) is 0 Å². The van der Waals surface area contributed by atoms with Crippen LogP contribution in [-0.2, 0) is 57.2 Å². The van der Waals surface area contributed by atoms with Gasteiger partial charge in [-0.15, -0.1) is 0 Å². The van der Waals surface area contributed by atoms with Crippen LogP contribution in [0.1, 0.15) is 27.7 Å². The molecule has 0 aromatic rings. The lowest BCUT2D eigenvalue weighted by molar-refractivity contribution is -0.156. The van der Waals surface area contributed by atoms with Gasteiger partial charge in [0.1, 0.15) is 0 Å². The van der Waals surface area contributed by atoms with Crippen LogP contribution in [0.5, 0.6) is 0 Å². The topological polar surface area (TPSA) is 164 Å². The lowest BCUT2D eigenvalue weighted by atomic mass is 10.3. The van der Waals surface area contributed by atoms with Gasteiger partial charge in [0.15, 0.2) is 12.2 Å². The third-order valence-corrected chi connectivity index (χ3v) is 4.91. The molecular weight excluding hydrogens is 532 g/mol. The van der Waals surface area contributed by atoms with E-state index in [-0.39, 0.29) is 11.8 Å². The predicted octanol–water partition coefficient (Wildman–Crippen LogP) is 0.284. The van der Waals surface area contributed by atoms with Gasteiger partial charge in [0.2, 0.25) is 0 Å². The van der Waals surface area contributed by atoms with Crippen molar-refractivity contribution in [1.82, 2.24) is 9.80 Å². The van der Waals surface area contributed by atoms with E-state index in [1.54, 1.807) is 4.90 Å². The van der Waals surface area contributed by atoms with E-state index in [9.17, 15) is 28.8 Å². The molecule has 0 aliphatic carbocycles. The van der Waals surface area contributed by atoms with Crippen molar-refractivity contribution in [3.63, 3.8) is 0 Å². The molecule has 14 heteroatoms. The second kappa shape index (κ2) is 23.1. The predicted molar refractivity (Wildman–Crippen MR) is 142 cm³/mol. The van der Waals surface area contributed by atoms with Crippen molar-refractivity contribution in [3.05, 3.63) is 24.3 Å². The molecule has 0 saturated carbocycles. The molecule has 0 rings (SSSR count). The average molecular weight is 575 g/mol. The first-order chi connectivity index (χ1) is 18.9. The van der Waals surface area contributed by atoms with Gasteiger partial charge in [-0.05, 0) is 27.7 Å². The second-order valence-corrected chi connectivity index (χ2v) is 7.69. The van der Waals surface area contributed by atoms with Gasteiger partial charge in [-0.2, -0.15) is 0 Å². The highest BCUT2D eigenvalue weighted by Crippen LogP contribution is 2.02. The SMILES string of the molecule is CCN(CC)C(=O)[C@@H](C)OC(=O)/C=C/C(=O)OC.COCCN(CCOC)C(=O)C(C)OC(=O)/C=C/C(=O)OC. The number of hydrogen-bond acceptors (Lipinski definition) is 12. The van der Waals surface area contributed by atoms with Crippen LogP contribution in [0.2, 0.25) is 0 Å². The number of esters is 4. The molecule has 2 atom stereocenters. The molecule has 2 amide bonds. The van der Waals surface area contributed by atoms with Gasteiger partial charge >= 0.3 is 23.9 Å². The Labute approximate surface area is 235 Å². The number of rotatable bonds is 16. The molecule has 0 bridgehead atoms. The summed E-state index contributed by atoms with van der Waals surface area (Å²) in [5.41, 5.74) is 0. The van der Waals surface area contributed by atoms with Crippen LogP contribution in [0.15, 0.2) is 24.3 Å². The minimum Gasteiger partial charge on any atom is -0.466 e. The largest absolute Gasteiger partial charge is 0.466 e. The molecule has 228 valence electrons. The molecule has 14 nitrogen and oxygen atoms in total. The van der Waals surface area contributed by atoms with Crippen LogP contribution in [0.25, 0.3) is 0 Å². The summed E-state index contributed by atoms with van der Waals surface area (Å²) in [4.78, 5) is 71.4. The van der Waals surface area contributed by atoms with Crippen molar-refractivity contribution in [2.75, 3.05) is 67.8 Å². The second-order valence-electron chi connectivity index (χ2n) is 7.69. The molecule has 0 fully saturated rings. The zero-order valence-corrected chi connectivity index (χ0v) is 24.5. The van der Waals surface area contributed by atoms with Crippen LogP contribution in [0.4, 0.5) is 0 Å². The average Bonchev–Trinajstić information content (AvgIpc) is 2.94. The van der Waals surface area contributed by atoms with Gasteiger partial charge in [-0.25, -0.2) is 19.2 Å². The Morgan fingerprint density at radius 3 is 1.20 bits per heavy atom. The zero-order valence-electron chi connectivity index (χ0n) is 24.5. The Kier molecular flexibility index (Phi) is 22.2. The Morgan fingerprint density at radius 1 is 0.575 bits per heavy atom. The van der Waals surface area contributed by atoms with Gasteiger partial charge in [-0.1, -0.05) is 0 Å². The summed E-state index contributed by atoms with van der Waals surface area (Å²) in [5.74, 6) is -3.53. The molecule has 0 aliphatic heterocycles. The summed E-state index contributed by atoms with van der Waals surface area (Å²) >= 11 is 0. The molecule has 0 aromatic carbocycles. The molecule has 40 heavy (non-hydrogen) atoms. The van der Waals surface area contributed by atoms with E-state index in [1.165, 1.54) is 47.2 Å². The molecule has 0 spiro atoms. The Hall–Kier alpha value is -3.78. The summed E-state index contributed by atoms with van der Waals surface area (Å²) in [5, 5.41) is 0. The maximum Gasteiger partial charge on any atom is 0.331 e. The molecule has 0 saturated heterocycles. The lowest BCUT2D eigenvalue weighted by Gasteiger charge is -2.24. The number of nitrogens with zero attached hydrogens (tertiary/aromatic N) is 2. The van der Waals surface area contributed by atoms with Crippen molar-refractivity contribution < 1.29 is 57.2 Å². The number of carbonyl (C=O) groups excluding carboxylic acids is 6. The number of hydrogen-bond donors (Lipinski definition) is 0. The van der Waals surface area contributed by atoms with Crippen molar-refractivity contribution in [1.29, 1.82) is 0 Å². The molecule has 0 N–H and O–H groups in total. The van der Waals surface area contributed by atoms with E-state index in [4.69, 9.17) is 18.9 Å². The summed E-state index contributed by atoms with van der Waals surface area (Å²) in [6.07, 6.45) is 1.84. The monoisotopic (exact) mass is 574 g/mol. The number of likely N-dealkylation sites (N-methyl/N-ethyl adjacent to an activating group) is 1. The summed E-state index contributed by atoms with van der Waals surface area (Å²) in [6.45, 7) is 9.17. The molecule has 0 aliphatic rings. The highest BCUT2D eigenvalue weighted by Gasteiger charge is 2.23. The molecule has 0 radical (unpaired) electrons. The third-order valence-electron chi connectivity index (χ3n) is 4.91. The first kappa shape index (κ1) is 38.4. The Morgan fingerprint density at radius 2 is 0.900 bits per heavy atom. The van der Waals surface area contributed by atoms with Gasteiger partial charge in [0, 0.05) is 64.7 Å². The van der Waals surface area contributed by atoms with Gasteiger partial charge in [-0.3, -0.25) is 9.59 Å². The number of ether oxygens (including phenoxy) is 6. The fraction of sp³-hybridized carbons (Fsp3) is 0.615. The number of amides is 2. The van der Waals surface area contributed by atoms with Crippen LogP contribution in [0.3, 0.4) is 0 Å². The van der Waals surface area contributed by atoms with Crippen LogP contribution in [-0.4, -0.2) is 126 Å². The molecular formula is C26H42N2O12. The maximum atomic E-state index is 12.2. The zero-order chi connectivity index (χ0) is 31.1. The molecule has 0 aromatic heterocycles. The standard InChI is InChI=1S/C14H23NO7.C12H19NO5/c1-11(22-13(17)6-5-12(16)21-4)14(18)15(7-9-19-2)8-10-20-3;1-5-13(6-2)12(16)9(3)18-11(15)8-7-10(14)17-4/h5-6,11H,7-10H2,1-4H3;7-9H,5-6H2,1-4H3/b6-5+;8-7+/t;9-/m.1/s1. The number of methoxy groups -OCH3 is 4. The van der Waals surface area contributed by atoms with Crippen LogP contribution < -0.4 is 0 Å². The minimum atomic E-state index is -0.983. The normalized spacial score (nSPS) is 12.0. The van der Waals surface area contributed by atoms with E-state index in [1.807, 2.05) is 13.8 Å². The summed E-state index contributed by atoms with van der Waals surface area (Å²) in [6, 6.07) is 0. The fourth-order valence-corrected chi connectivity index (χ4v) is 2.72. The molecule has 0 heterocycles. The maximum absolute atomic E-state index is 12.2. The highest BCUT2D eigenvalue weighted by atomic mass is 16.6.